The van der Waals surface area contributed by atoms with Crippen LogP contribution >= 0.6 is 0 Å². The molecule has 2 rings (SSSR count). The maximum absolute atomic E-state index is 5.99. The minimum Gasteiger partial charge on any atom is -0.327 e. The van der Waals surface area contributed by atoms with Gasteiger partial charge in [-0.25, -0.2) is 0 Å². The molecule has 2 bridgehead atoms. The molecular formula is C9H18N2. The molecule has 2 aliphatic rings. The highest BCUT2D eigenvalue weighted by Gasteiger charge is 2.35. The van der Waals surface area contributed by atoms with Gasteiger partial charge in [0.05, 0.1) is 0 Å². The summed E-state index contributed by atoms with van der Waals surface area (Å²) >= 11 is 0. The van der Waals surface area contributed by atoms with E-state index in [2.05, 4.69) is 0 Å². The average Bonchev–Trinajstić information content (AvgIpc) is 2.02. The van der Waals surface area contributed by atoms with Gasteiger partial charge in [0.1, 0.15) is 0 Å². The van der Waals surface area contributed by atoms with Crippen LogP contribution in [0.4, 0.5) is 0 Å². The fraction of sp³-hybridized carbons (Fsp3) is 1.00. The van der Waals surface area contributed by atoms with E-state index in [1.807, 2.05) is 0 Å². The first kappa shape index (κ1) is 7.56. The quantitative estimate of drug-likeness (QED) is 0.543. The summed E-state index contributed by atoms with van der Waals surface area (Å²) in [7, 11) is 0. The minimum atomic E-state index is 0.485. The lowest BCUT2D eigenvalue weighted by molar-refractivity contribution is 0.143. The molecule has 2 fully saturated rings. The summed E-state index contributed by atoms with van der Waals surface area (Å²) in [5.41, 5.74) is 12.0. The van der Waals surface area contributed by atoms with Gasteiger partial charge in [-0.1, -0.05) is 0 Å². The SMILES string of the molecule is N[C@H]1CC[C@H]2C[C@H]1CC[C@@H]2N. The van der Waals surface area contributed by atoms with Crippen LogP contribution < -0.4 is 11.5 Å². The molecule has 0 aliphatic heterocycles. The fourth-order valence-electron chi connectivity index (χ4n) is 2.69. The Morgan fingerprint density at radius 1 is 0.727 bits per heavy atom. The lowest BCUT2D eigenvalue weighted by Crippen LogP contribution is -2.46. The molecule has 0 spiro atoms. The molecular weight excluding hydrogens is 136 g/mol. The monoisotopic (exact) mass is 154 g/mol. The lowest BCUT2D eigenvalue weighted by Gasteiger charge is -2.41. The zero-order chi connectivity index (χ0) is 7.84. The van der Waals surface area contributed by atoms with Crippen LogP contribution in [-0.4, -0.2) is 12.1 Å². The highest BCUT2D eigenvalue weighted by molar-refractivity contribution is 4.91. The molecule has 0 aromatic carbocycles. The molecule has 2 aliphatic carbocycles. The van der Waals surface area contributed by atoms with Crippen molar-refractivity contribution in [1.29, 1.82) is 0 Å². The molecule has 0 unspecified atom stereocenters. The molecule has 0 heterocycles. The molecule has 0 amide bonds. The van der Waals surface area contributed by atoms with E-state index in [-0.39, 0.29) is 0 Å². The van der Waals surface area contributed by atoms with E-state index in [9.17, 15) is 0 Å². The van der Waals surface area contributed by atoms with E-state index in [0.717, 1.165) is 11.8 Å². The zero-order valence-corrected chi connectivity index (χ0v) is 7.00. The van der Waals surface area contributed by atoms with Gasteiger partial charge in [0.25, 0.3) is 0 Å². The van der Waals surface area contributed by atoms with Gasteiger partial charge in [0.15, 0.2) is 0 Å². The minimum absolute atomic E-state index is 0.485. The van der Waals surface area contributed by atoms with Crippen LogP contribution in [0.2, 0.25) is 0 Å². The van der Waals surface area contributed by atoms with Crippen LogP contribution in [0.1, 0.15) is 32.1 Å². The molecule has 0 aromatic heterocycles. The van der Waals surface area contributed by atoms with Gasteiger partial charge in [-0.15, -0.1) is 0 Å². The van der Waals surface area contributed by atoms with Crippen LogP contribution in [0.5, 0.6) is 0 Å². The summed E-state index contributed by atoms with van der Waals surface area (Å²) < 4.78 is 0. The molecule has 4 N–H and O–H groups in total. The van der Waals surface area contributed by atoms with E-state index < -0.39 is 0 Å². The Labute approximate surface area is 68.3 Å². The summed E-state index contributed by atoms with van der Waals surface area (Å²) in [5, 5.41) is 0. The third-order valence-corrected chi connectivity index (χ3v) is 3.56. The van der Waals surface area contributed by atoms with Gasteiger partial charge in [-0.2, -0.15) is 0 Å². The van der Waals surface area contributed by atoms with Gasteiger partial charge >= 0.3 is 0 Å². The molecule has 2 nitrogen and oxygen atoms in total. The molecule has 0 radical (unpaired) electrons. The second-order valence-corrected chi connectivity index (χ2v) is 4.24. The lowest BCUT2D eigenvalue weighted by atomic mass is 9.68. The molecule has 64 valence electrons. The molecule has 0 aromatic rings. The Hall–Kier alpha value is -0.0800. The van der Waals surface area contributed by atoms with Crippen LogP contribution in [0.15, 0.2) is 0 Å². The fourth-order valence-corrected chi connectivity index (χ4v) is 2.69. The number of hydrogen-bond donors (Lipinski definition) is 2. The topological polar surface area (TPSA) is 52.0 Å². The summed E-state index contributed by atoms with van der Waals surface area (Å²) in [6.07, 6.45) is 6.28. The molecule has 4 atom stereocenters. The van der Waals surface area contributed by atoms with Gasteiger partial charge in [0.2, 0.25) is 0 Å². The Balaban J connectivity index is 2.02. The Morgan fingerprint density at radius 2 is 1.18 bits per heavy atom. The van der Waals surface area contributed by atoms with Crippen molar-refractivity contribution in [3.05, 3.63) is 0 Å². The summed E-state index contributed by atoms with van der Waals surface area (Å²) in [6, 6.07) is 0.970. The van der Waals surface area contributed by atoms with Crippen molar-refractivity contribution in [3.63, 3.8) is 0 Å². The standard InChI is InChI=1S/C9H18N2/c10-8-3-1-6-5-7(8)2-4-9(6)11/h6-9H,1-5,10-11H2/t6-,7+,8-,9-/m0/s1. The van der Waals surface area contributed by atoms with Crippen molar-refractivity contribution >= 4 is 0 Å². The summed E-state index contributed by atoms with van der Waals surface area (Å²) in [6.45, 7) is 0. The normalized spacial score (nSPS) is 50.7. The van der Waals surface area contributed by atoms with E-state index in [4.69, 9.17) is 11.5 Å². The van der Waals surface area contributed by atoms with Crippen molar-refractivity contribution in [3.8, 4) is 0 Å². The van der Waals surface area contributed by atoms with Crippen molar-refractivity contribution in [2.24, 2.45) is 23.3 Å². The first-order valence-electron chi connectivity index (χ1n) is 4.78. The summed E-state index contributed by atoms with van der Waals surface area (Å²) in [5.74, 6) is 1.60. The van der Waals surface area contributed by atoms with Crippen molar-refractivity contribution in [2.45, 2.75) is 44.2 Å². The van der Waals surface area contributed by atoms with Gasteiger partial charge in [-0.3, -0.25) is 0 Å². The first-order chi connectivity index (χ1) is 5.27. The maximum atomic E-state index is 5.99. The first-order valence-corrected chi connectivity index (χ1v) is 4.78. The van der Waals surface area contributed by atoms with E-state index >= 15 is 0 Å². The molecule has 2 saturated carbocycles. The van der Waals surface area contributed by atoms with Crippen LogP contribution in [-0.2, 0) is 0 Å². The predicted octanol–water partition coefficient (Wildman–Crippen LogP) is 0.851. The molecule has 0 saturated heterocycles. The third-order valence-electron chi connectivity index (χ3n) is 3.56. The van der Waals surface area contributed by atoms with Crippen molar-refractivity contribution in [1.82, 2.24) is 0 Å². The largest absolute Gasteiger partial charge is 0.327 e. The van der Waals surface area contributed by atoms with Crippen LogP contribution in [0.3, 0.4) is 0 Å². The van der Waals surface area contributed by atoms with E-state index in [1.165, 1.54) is 32.1 Å². The number of rotatable bonds is 0. The summed E-state index contributed by atoms with van der Waals surface area (Å²) in [4.78, 5) is 0. The maximum Gasteiger partial charge on any atom is 0.00673 e. The third kappa shape index (κ3) is 1.30. The molecule has 11 heavy (non-hydrogen) atoms. The van der Waals surface area contributed by atoms with Gasteiger partial charge in [-0.05, 0) is 43.9 Å². The highest BCUT2D eigenvalue weighted by atomic mass is 14.7. The van der Waals surface area contributed by atoms with Crippen LogP contribution in [0, 0.1) is 11.8 Å². The second kappa shape index (κ2) is 2.76. The second-order valence-electron chi connectivity index (χ2n) is 4.24. The highest BCUT2D eigenvalue weighted by Crippen LogP contribution is 2.38. The van der Waals surface area contributed by atoms with E-state index in [1.54, 1.807) is 0 Å². The molecule has 2 heteroatoms. The van der Waals surface area contributed by atoms with Gasteiger partial charge in [0, 0.05) is 12.1 Å². The number of hydrogen-bond acceptors (Lipinski definition) is 2. The Morgan fingerprint density at radius 3 is 1.64 bits per heavy atom. The predicted molar refractivity (Wildman–Crippen MR) is 46.0 cm³/mol. The number of nitrogens with two attached hydrogens (primary N) is 2. The Bertz CT molecular complexity index is 130. The zero-order valence-electron chi connectivity index (χ0n) is 7.00. The van der Waals surface area contributed by atoms with Crippen molar-refractivity contribution < 1.29 is 0 Å². The smallest absolute Gasteiger partial charge is 0.00673 e. The van der Waals surface area contributed by atoms with Gasteiger partial charge < -0.3 is 11.5 Å². The number of fused-ring (bicyclic) bond motifs is 2. The average molecular weight is 154 g/mol. The van der Waals surface area contributed by atoms with Crippen molar-refractivity contribution in [2.75, 3.05) is 0 Å². The van der Waals surface area contributed by atoms with E-state index in [0.29, 0.717) is 12.1 Å². The Kier molecular flexibility index (Phi) is 1.90. The van der Waals surface area contributed by atoms with Crippen LogP contribution in [0.25, 0.3) is 0 Å².